The van der Waals surface area contributed by atoms with Gasteiger partial charge in [-0.3, -0.25) is 4.79 Å². The summed E-state index contributed by atoms with van der Waals surface area (Å²) in [6.07, 6.45) is 0. The number of hydrogen-bond acceptors (Lipinski definition) is 7. The first-order chi connectivity index (χ1) is 15.1. The van der Waals surface area contributed by atoms with E-state index in [1.54, 1.807) is 11.6 Å². The third-order valence-corrected chi connectivity index (χ3v) is 5.83. The minimum Gasteiger partial charge on any atom is -0.497 e. The zero-order valence-electron chi connectivity index (χ0n) is 16.7. The Bertz CT molecular complexity index is 1270. The molecule has 0 spiro atoms. The van der Waals surface area contributed by atoms with Crippen molar-refractivity contribution in [2.24, 2.45) is 0 Å². The van der Waals surface area contributed by atoms with Gasteiger partial charge in [-0.1, -0.05) is 6.07 Å². The molecule has 5 rings (SSSR count). The number of nitrogens with zero attached hydrogens (tertiary/aromatic N) is 4. The number of fused-ring (bicyclic) bond motifs is 3. The van der Waals surface area contributed by atoms with E-state index in [4.69, 9.17) is 19.8 Å². The largest absolute Gasteiger partial charge is 0.497 e. The molecule has 2 aromatic carbocycles. The highest BCUT2D eigenvalue weighted by Crippen LogP contribution is 2.30. The first-order valence-electron chi connectivity index (χ1n) is 9.88. The van der Waals surface area contributed by atoms with Crippen molar-refractivity contribution in [1.29, 1.82) is 0 Å². The summed E-state index contributed by atoms with van der Waals surface area (Å²) in [6.45, 7) is 1.81. The van der Waals surface area contributed by atoms with Crippen LogP contribution in [0.5, 0.6) is 5.75 Å². The Balaban J connectivity index is 1.66. The maximum Gasteiger partial charge on any atom is 0.243 e. The zero-order valence-corrected chi connectivity index (χ0v) is 18.3. The Morgan fingerprint density at radius 1 is 1.16 bits per heavy atom. The van der Waals surface area contributed by atoms with Gasteiger partial charge in [-0.25, -0.2) is 9.97 Å². The molecular formula is C21H20BrN7O2. The number of ether oxygens (including phenoxy) is 1. The number of anilines is 1. The van der Waals surface area contributed by atoms with Crippen LogP contribution in [-0.4, -0.2) is 58.3 Å². The molecule has 1 saturated heterocycles. The van der Waals surface area contributed by atoms with Gasteiger partial charge in [-0.05, 0) is 52.3 Å². The van der Waals surface area contributed by atoms with Gasteiger partial charge in [0.15, 0.2) is 11.5 Å². The van der Waals surface area contributed by atoms with Crippen molar-refractivity contribution in [1.82, 2.24) is 30.2 Å². The summed E-state index contributed by atoms with van der Waals surface area (Å²) in [7, 11) is 1.63. The predicted molar refractivity (Wildman–Crippen MR) is 121 cm³/mol. The molecule has 0 aliphatic carbocycles. The molecule has 3 N–H and O–H groups in total. The second kappa shape index (κ2) is 8.12. The van der Waals surface area contributed by atoms with Gasteiger partial charge >= 0.3 is 0 Å². The van der Waals surface area contributed by atoms with Gasteiger partial charge in [0.05, 0.1) is 18.0 Å². The molecule has 0 saturated carbocycles. The number of amides is 1. The van der Waals surface area contributed by atoms with Gasteiger partial charge in [0.25, 0.3) is 0 Å². The fraction of sp³-hybridized carbons (Fsp3) is 0.238. The Morgan fingerprint density at radius 3 is 2.81 bits per heavy atom. The highest BCUT2D eigenvalue weighted by molar-refractivity contribution is 9.10. The minimum absolute atomic E-state index is 0.0789. The van der Waals surface area contributed by atoms with Gasteiger partial charge in [-0.15, -0.1) is 5.10 Å². The Morgan fingerprint density at radius 2 is 2.00 bits per heavy atom. The fourth-order valence-electron chi connectivity index (χ4n) is 3.57. The number of halogens is 1. The van der Waals surface area contributed by atoms with E-state index in [9.17, 15) is 4.79 Å². The number of carbonyl (C=O) groups excluding carboxylic acids is 1. The van der Waals surface area contributed by atoms with Gasteiger partial charge in [0, 0.05) is 29.7 Å². The topological polar surface area (TPSA) is 105 Å². The summed E-state index contributed by atoms with van der Waals surface area (Å²) < 4.78 is 7.77. The minimum atomic E-state index is -0.476. The van der Waals surface area contributed by atoms with Gasteiger partial charge < -0.3 is 20.7 Å². The Kier molecular flexibility index (Phi) is 5.16. The number of aromatic nitrogens is 4. The van der Waals surface area contributed by atoms with Crippen LogP contribution < -0.4 is 20.7 Å². The third kappa shape index (κ3) is 3.68. The van der Waals surface area contributed by atoms with Crippen molar-refractivity contribution >= 4 is 44.3 Å². The second-order valence-corrected chi connectivity index (χ2v) is 8.02. The van der Waals surface area contributed by atoms with E-state index in [1.807, 2.05) is 42.5 Å². The van der Waals surface area contributed by atoms with Crippen molar-refractivity contribution in [3.63, 3.8) is 0 Å². The maximum atomic E-state index is 12.5. The smallest absolute Gasteiger partial charge is 0.243 e. The van der Waals surface area contributed by atoms with Crippen LogP contribution in [0.25, 0.3) is 27.9 Å². The van der Waals surface area contributed by atoms with Crippen molar-refractivity contribution in [2.75, 3.05) is 32.1 Å². The highest BCUT2D eigenvalue weighted by atomic mass is 79.9. The quantitative estimate of drug-likeness (QED) is 0.410. The van der Waals surface area contributed by atoms with E-state index in [2.05, 4.69) is 31.9 Å². The van der Waals surface area contributed by atoms with Crippen molar-refractivity contribution < 1.29 is 9.53 Å². The van der Waals surface area contributed by atoms with E-state index in [0.717, 1.165) is 33.2 Å². The highest BCUT2D eigenvalue weighted by Gasteiger charge is 2.23. The molecule has 31 heavy (non-hydrogen) atoms. The monoisotopic (exact) mass is 481 g/mol. The van der Waals surface area contributed by atoms with E-state index < -0.39 is 6.04 Å². The first kappa shape index (κ1) is 19.7. The first-order valence-corrected chi connectivity index (χ1v) is 10.7. The van der Waals surface area contributed by atoms with E-state index in [0.29, 0.717) is 30.5 Å². The molecule has 1 aliphatic rings. The lowest BCUT2D eigenvalue weighted by molar-refractivity contribution is -0.121. The summed E-state index contributed by atoms with van der Waals surface area (Å²) in [5.41, 5.74) is 2.25. The van der Waals surface area contributed by atoms with Crippen LogP contribution in [0.1, 0.15) is 0 Å². The van der Waals surface area contributed by atoms with E-state index in [1.165, 1.54) is 0 Å². The van der Waals surface area contributed by atoms with Crippen molar-refractivity contribution in [3.05, 3.63) is 46.9 Å². The fourth-order valence-corrected chi connectivity index (χ4v) is 4.11. The average Bonchev–Trinajstić information content (AvgIpc) is 3.13. The van der Waals surface area contributed by atoms with Crippen LogP contribution in [-0.2, 0) is 4.79 Å². The Labute approximate surface area is 186 Å². The van der Waals surface area contributed by atoms with Gasteiger partial charge in [-0.2, -0.15) is 4.52 Å². The lowest BCUT2D eigenvalue weighted by atomic mass is 10.2. The molecule has 0 bridgehead atoms. The molecule has 1 unspecified atom stereocenters. The average molecular weight is 482 g/mol. The molecular weight excluding hydrogens is 462 g/mol. The lowest BCUT2D eigenvalue weighted by Crippen LogP contribution is -2.42. The molecule has 1 atom stereocenters. The predicted octanol–water partition coefficient (Wildman–Crippen LogP) is 2.22. The Hall–Kier alpha value is -3.24. The standard InChI is InChI=1S/C21H20BrN7O2/c1-31-13-7-5-12(6-8-13)18-27-19-17-14(22)3-2-4-15(17)25-21(29(19)28-18)26-16-11-23-9-10-24-20(16)30/h2-8,16,23H,9-11H2,1H3,(H,24,30)(H,25,26). The molecule has 4 aromatic rings. The molecule has 9 nitrogen and oxygen atoms in total. The van der Waals surface area contributed by atoms with E-state index >= 15 is 0 Å². The number of nitrogens with one attached hydrogen (secondary N) is 3. The van der Waals surface area contributed by atoms with Crippen LogP contribution in [0.2, 0.25) is 0 Å². The number of benzene rings is 2. The molecule has 158 valence electrons. The van der Waals surface area contributed by atoms with E-state index in [-0.39, 0.29) is 5.91 Å². The SMILES string of the molecule is COc1ccc(-c2nc3c4c(Br)cccc4nc(NC4CNCCNC4=O)n3n2)cc1. The number of rotatable bonds is 4. The van der Waals surface area contributed by atoms with Crippen molar-refractivity contribution in [3.8, 4) is 17.1 Å². The molecule has 1 amide bonds. The molecule has 10 heteroatoms. The van der Waals surface area contributed by atoms with Crippen LogP contribution >= 0.6 is 15.9 Å². The number of hydrogen-bond donors (Lipinski definition) is 3. The second-order valence-electron chi connectivity index (χ2n) is 7.16. The lowest BCUT2D eigenvalue weighted by Gasteiger charge is -2.16. The van der Waals surface area contributed by atoms with Crippen LogP contribution in [0.3, 0.4) is 0 Å². The molecule has 3 heterocycles. The summed E-state index contributed by atoms with van der Waals surface area (Å²) in [4.78, 5) is 22.0. The summed E-state index contributed by atoms with van der Waals surface area (Å²) in [5, 5.41) is 14.9. The summed E-state index contributed by atoms with van der Waals surface area (Å²) in [5.74, 6) is 1.69. The van der Waals surface area contributed by atoms with Crippen LogP contribution in [0.4, 0.5) is 5.95 Å². The molecule has 1 aliphatic heterocycles. The third-order valence-electron chi connectivity index (χ3n) is 5.17. The number of methoxy groups -OCH3 is 1. The van der Waals surface area contributed by atoms with Crippen LogP contribution in [0, 0.1) is 0 Å². The zero-order chi connectivity index (χ0) is 21.4. The molecule has 1 fully saturated rings. The maximum absolute atomic E-state index is 12.5. The molecule has 0 radical (unpaired) electrons. The van der Waals surface area contributed by atoms with Crippen molar-refractivity contribution in [2.45, 2.75) is 6.04 Å². The normalized spacial score (nSPS) is 16.8. The van der Waals surface area contributed by atoms with Crippen LogP contribution in [0.15, 0.2) is 46.9 Å². The van der Waals surface area contributed by atoms with Gasteiger partial charge in [0.2, 0.25) is 11.9 Å². The summed E-state index contributed by atoms with van der Waals surface area (Å²) >= 11 is 3.61. The molecule has 2 aromatic heterocycles. The summed E-state index contributed by atoms with van der Waals surface area (Å²) in [6, 6.07) is 12.9. The van der Waals surface area contributed by atoms with Gasteiger partial charge in [0.1, 0.15) is 11.8 Å². The number of carbonyl (C=O) groups is 1.